The van der Waals surface area contributed by atoms with Crippen LogP contribution in [0.1, 0.15) is 6.92 Å². The van der Waals surface area contributed by atoms with Gasteiger partial charge in [-0.05, 0) is 0 Å². The summed E-state index contributed by atoms with van der Waals surface area (Å²) in [6, 6.07) is 0. The summed E-state index contributed by atoms with van der Waals surface area (Å²) in [4.78, 5) is 20.5. The Bertz CT molecular complexity index is 263. The van der Waals surface area contributed by atoms with E-state index in [1.54, 1.807) is 0 Å². The molecule has 0 aromatic rings. The number of hydrogen-bond donors (Lipinski definition) is 0. The molecular formula is C5H8O5S. The number of ether oxygens (including phenoxy) is 1. The Kier molecular flexibility index (Phi) is 3.18. The normalized spacial score (nSPS) is 10.7. The summed E-state index contributed by atoms with van der Waals surface area (Å²) in [7, 11) is -3.40. The van der Waals surface area contributed by atoms with Crippen LogP contribution in [0.2, 0.25) is 0 Å². The highest BCUT2D eigenvalue weighted by molar-refractivity contribution is 7.91. The molecule has 0 rings (SSSR count). The van der Waals surface area contributed by atoms with E-state index in [-0.39, 0.29) is 0 Å². The number of hydrogen-bond acceptors (Lipinski definition) is 5. The van der Waals surface area contributed by atoms with E-state index in [9.17, 15) is 18.0 Å². The lowest BCUT2D eigenvalue weighted by atomic mass is 10.7. The largest absolute Gasteiger partial charge is 0.393 e. The first kappa shape index (κ1) is 10.1. The van der Waals surface area contributed by atoms with Crippen molar-refractivity contribution in [1.82, 2.24) is 0 Å². The zero-order valence-corrected chi connectivity index (χ0v) is 6.97. The Hall–Kier alpha value is -0.910. The lowest BCUT2D eigenvalue weighted by Gasteiger charge is -1.96. The van der Waals surface area contributed by atoms with E-state index < -0.39 is 27.5 Å². The summed E-state index contributed by atoms with van der Waals surface area (Å²) in [6.07, 6.45) is 0.883. The first-order valence-electron chi connectivity index (χ1n) is 2.70. The molecule has 0 saturated heterocycles. The van der Waals surface area contributed by atoms with E-state index in [2.05, 4.69) is 4.74 Å². The lowest BCUT2D eigenvalue weighted by Crippen LogP contribution is -2.19. The van der Waals surface area contributed by atoms with Crippen molar-refractivity contribution in [3.63, 3.8) is 0 Å². The fourth-order valence-electron chi connectivity index (χ4n) is 0.404. The molecule has 0 aromatic heterocycles. The fourth-order valence-corrected chi connectivity index (χ4v) is 0.891. The van der Waals surface area contributed by atoms with Crippen molar-refractivity contribution in [2.45, 2.75) is 6.92 Å². The minimum Gasteiger partial charge on any atom is -0.393 e. The minimum absolute atomic E-state index is 0.757. The first-order valence-corrected chi connectivity index (χ1v) is 4.76. The minimum atomic E-state index is -3.40. The molecule has 11 heavy (non-hydrogen) atoms. The Labute approximate surface area is 64.3 Å². The summed E-state index contributed by atoms with van der Waals surface area (Å²) in [6.45, 7) is 1.03. The van der Waals surface area contributed by atoms with E-state index in [1.165, 1.54) is 0 Å². The molecule has 6 heteroatoms. The van der Waals surface area contributed by atoms with Gasteiger partial charge in [0, 0.05) is 13.2 Å². The molecule has 64 valence electrons. The molecule has 5 nitrogen and oxygen atoms in total. The number of sulfone groups is 1. The van der Waals surface area contributed by atoms with Gasteiger partial charge in [0.1, 0.15) is 5.75 Å². The van der Waals surface area contributed by atoms with Crippen molar-refractivity contribution in [3.8, 4) is 0 Å². The standard InChI is InChI=1S/C5H8O5S/c1-4(6)10-5(7)3-11(2,8)9/h3H2,1-2H3. The molecule has 0 fully saturated rings. The fraction of sp³-hybridized carbons (Fsp3) is 0.600. The molecule has 0 radical (unpaired) electrons. The van der Waals surface area contributed by atoms with Gasteiger partial charge >= 0.3 is 11.9 Å². The van der Waals surface area contributed by atoms with E-state index in [4.69, 9.17) is 0 Å². The van der Waals surface area contributed by atoms with Crippen molar-refractivity contribution < 1.29 is 22.7 Å². The molecule has 0 aliphatic rings. The summed E-state index contributed by atoms with van der Waals surface area (Å²) in [5.41, 5.74) is 0. The predicted octanol–water partition coefficient (Wildman–Crippen LogP) is -0.879. The number of rotatable bonds is 2. The highest BCUT2D eigenvalue weighted by Crippen LogP contribution is 1.86. The van der Waals surface area contributed by atoms with Crippen LogP contribution in [0.25, 0.3) is 0 Å². The maximum absolute atomic E-state index is 10.4. The molecule has 0 spiro atoms. The van der Waals surface area contributed by atoms with Crippen molar-refractivity contribution >= 4 is 21.8 Å². The van der Waals surface area contributed by atoms with E-state index in [0.29, 0.717) is 0 Å². The van der Waals surface area contributed by atoms with Crippen LogP contribution in [0.15, 0.2) is 0 Å². The molecule has 0 saturated carbocycles. The van der Waals surface area contributed by atoms with Gasteiger partial charge in [0.15, 0.2) is 9.84 Å². The summed E-state index contributed by atoms with van der Waals surface area (Å²) < 4.78 is 24.8. The SMILES string of the molecule is CC(=O)OC(=O)CS(C)(=O)=O. The van der Waals surface area contributed by atoms with Crippen LogP contribution >= 0.6 is 0 Å². The van der Waals surface area contributed by atoms with Gasteiger partial charge in [0.05, 0.1) is 0 Å². The van der Waals surface area contributed by atoms with Crippen molar-refractivity contribution in [2.75, 3.05) is 12.0 Å². The van der Waals surface area contributed by atoms with Crippen LogP contribution in [0.4, 0.5) is 0 Å². The van der Waals surface area contributed by atoms with Crippen LogP contribution in [0.3, 0.4) is 0 Å². The number of esters is 2. The van der Waals surface area contributed by atoms with Crippen LogP contribution in [0, 0.1) is 0 Å². The summed E-state index contributed by atoms with van der Waals surface area (Å²) in [5.74, 6) is -2.61. The lowest BCUT2D eigenvalue weighted by molar-refractivity contribution is -0.156. The topological polar surface area (TPSA) is 77.5 Å². The van der Waals surface area contributed by atoms with Gasteiger partial charge < -0.3 is 4.74 Å². The molecule has 0 aliphatic carbocycles. The molecule has 0 atom stereocenters. The van der Waals surface area contributed by atoms with Crippen LogP contribution in [-0.4, -0.2) is 32.4 Å². The third-order valence-corrected chi connectivity index (χ3v) is 1.40. The van der Waals surface area contributed by atoms with Crippen molar-refractivity contribution in [3.05, 3.63) is 0 Å². The molecule has 0 heterocycles. The van der Waals surface area contributed by atoms with E-state index in [0.717, 1.165) is 13.2 Å². The van der Waals surface area contributed by atoms with Crippen molar-refractivity contribution in [1.29, 1.82) is 0 Å². The Morgan fingerprint density at radius 1 is 1.36 bits per heavy atom. The maximum Gasteiger partial charge on any atom is 0.328 e. The summed E-state index contributed by atoms with van der Waals surface area (Å²) >= 11 is 0. The van der Waals surface area contributed by atoms with Gasteiger partial charge in [-0.2, -0.15) is 0 Å². The van der Waals surface area contributed by atoms with Crippen LogP contribution < -0.4 is 0 Å². The Morgan fingerprint density at radius 2 is 1.82 bits per heavy atom. The zero-order valence-electron chi connectivity index (χ0n) is 6.16. The average molecular weight is 180 g/mol. The Morgan fingerprint density at radius 3 is 2.09 bits per heavy atom. The molecule has 0 aliphatic heterocycles. The second-order valence-corrected chi connectivity index (χ2v) is 4.18. The molecule has 0 unspecified atom stereocenters. The van der Waals surface area contributed by atoms with Gasteiger partial charge in [0.2, 0.25) is 0 Å². The van der Waals surface area contributed by atoms with Crippen LogP contribution in [-0.2, 0) is 24.2 Å². The first-order chi connectivity index (χ1) is 4.81. The molecule has 0 bridgehead atoms. The number of carbonyl (C=O) groups is 2. The number of carbonyl (C=O) groups excluding carboxylic acids is 2. The second-order valence-electron chi connectivity index (χ2n) is 2.04. The quantitative estimate of drug-likeness (QED) is 0.407. The van der Waals surface area contributed by atoms with Gasteiger partial charge in [-0.3, -0.25) is 9.59 Å². The highest BCUT2D eigenvalue weighted by Gasteiger charge is 2.13. The summed E-state index contributed by atoms with van der Waals surface area (Å²) in [5, 5.41) is 0. The zero-order chi connectivity index (χ0) is 9.07. The van der Waals surface area contributed by atoms with E-state index >= 15 is 0 Å². The smallest absolute Gasteiger partial charge is 0.328 e. The van der Waals surface area contributed by atoms with Crippen LogP contribution in [0.5, 0.6) is 0 Å². The molecule has 0 amide bonds. The molecule has 0 aromatic carbocycles. The molecule has 0 N–H and O–H groups in total. The van der Waals surface area contributed by atoms with Gasteiger partial charge in [-0.1, -0.05) is 0 Å². The Balaban J connectivity index is 4.01. The molecular weight excluding hydrogens is 172 g/mol. The predicted molar refractivity (Wildman–Crippen MR) is 36.5 cm³/mol. The third kappa shape index (κ3) is 6.98. The van der Waals surface area contributed by atoms with Gasteiger partial charge in [-0.25, -0.2) is 8.42 Å². The monoisotopic (exact) mass is 180 g/mol. The van der Waals surface area contributed by atoms with Gasteiger partial charge in [0.25, 0.3) is 0 Å². The maximum atomic E-state index is 10.4. The second kappa shape index (κ2) is 3.47. The van der Waals surface area contributed by atoms with Crippen molar-refractivity contribution in [2.24, 2.45) is 0 Å². The van der Waals surface area contributed by atoms with Gasteiger partial charge in [-0.15, -0.1) is 0 Å². The average Bonchev–Trinajstić information content (AvgIpc) is 1.53. The van der Waals surface area contributed by atoms with E-state index in [1.807, 2.05) is 0 Å². The highest BCUT2D eigenvalue weighted by atomic mass is 32.2. The third-order valence-electron chi connectivity index (χ3n) is 0.638.